The van der Waals surface area contributed by atoms with Gasteiger partial charge >= 0.3 is 18.5 Å². The lowest BCUT2D eigenvalue weighted by molar-refractivity contribution is -0.143. The number of aromatic nitrogens is 2. The van der Waals surface area contributed by atoms with Crippen LogP contribution in [0.15, 0.2) is 54.9 Å². The van der Waals surface area contributed by atoms with Crippen LogP contribution in [0.4, 0.5) is 39.5 Å². The highest BCUT2D eigenvalue weighted by atomic mass is 19.4. The summed E-state index contributed by atoms with van der Waals surface area (Å²) in [6.45, 7) is 0.811. The van der Waals surface area contributed by atoms with Crippen molar-refractivity contribution < 1.29 is 44.3 Å². The Bertz CT molecular complexity index is 1310. The Hall–Kier alpha value is -3.55. The van der Waals surface area contributed by atoms with E-state index in [1.807, 2.05) is 4.90 Å². The third-order valence-electron chi connectivity index (χ3n) is 6.58. The summed E-state index contributed by atoms with van der Waals surface area (Å²) in [5, 5.41) is 4.09. The van der Waals surface area contributed by atoms with Crippen LogP contribution in [-0.4, -0.2) is 51.2 Å². The first-order valence-corrected chi connectivity index (χ1v) is 12.0. The van der Waals surface area contributed by atoms with Gasteiger partial charge in [-0.2, -0.15) is 44.6 Å². The zero-order valence-corrected chi connectivity index (χ0v) is 20.9. The van der Waals surface area contributed by atoms with E-state index in [1.165, 1.54) is 17.0 Å². The third-order valence-corrected chi connectivity index (χ3v) is 6.58. The first-order chi connectivity index (χ1) is 18.5. The van der Waals surface area contributed by atoms with Crippen LogP contribution >= 0.6 is 0 Å². The standard InChI is InChI=1S/C26H23F9N4O/c1-37-13-17(12-36-37)14-38-6-7-39(22(15-38)8-16-2-4-19(5-3-16)24(27,28)29)23(40)18-9-20(25(30,31)32)11-21(10-18)26(33,34)35/h2-5,9-13,22H,6-8,14-15H2,1H3/t22-/m1/s1. The van der Waals surface area contributed by atoms with E-state index in [4.69, 9.17) is 0 Å². The topological polar surface area (TPSA) is 41.4 Å². The molecule has 2 aromatic carbocycles. The summed E-state index contributed by atoms with van der Waals surface area (Å²) in [4.78, 5) is 16.5. The number of nitrogens with zero attached hydrogens (tertiary/aromatic N) is 4. The molecule has 0 unspecified atom stereocenters. The Labute approximate surface area is 222 Å². The van der Waals surface area contributed by atoms with Gasteiger partial charge in [0.05, 0.1) is 22.9 Å². The molecular formula is C26H23F9N4O. The quantitative estimate of drug-likeness (QED) is 0.347. The maximum Gasteiger partial charge on any atom is 0.416 e. The Morgan fingerprint density at radius 1 is 0.825 bits per heavy atom. The Kier molecular flexibility index (Phi) is 7.94. The molecule has 1 saturated heterocycles. The minimum Gasteiger partial charge on any atom is -0.333 e. The molecule has 5 nitrogen and oxygen atoms in total. The summed E-state index contributed by atoms with van der Waals surface area (Å²) >= 11 is 0. The van der Waals surface area contributed by atoms with Gasteiger partial charge < -0.3 is 4.90 Å². The van der Waals surface area contributed by atoms with Crippen LogP contribution in [0.5, 0.6) is 0 Å². The lowest BCUT2D eigenvalue weighted by Gasteiger charge is -2.41. The molecule has 1 fully saturated rings. The van der Waals surface area contributed by atoms with Gasteiger partial charge in [-0.15, -0.1) is 0 Å². The van der Waals surface area contributed by atoms with Gasteiger partial charge in [0.2, 0.25) is 0 Å². The van der Waals surface area contributed by atoms with Gasteiger partial charge in [0.1, 0.15) is 0 Å². The van der Waals surface area contributed by atoms with E-state index in [-0.39, 0.29) is 32.1 Å². The van der Waals surface area contributed by atoms with Crippen LogP contribution in [0.2, 0.25) is 0 Å². The molecule has 0 saturated carbocycles. The van der Waals surface area contributed by atoms with E-state index < -0.39 is 52.7 Å². The number of piperazine rings is 1. The van der Waals surface area contributed by atoms with Gasteiger partial charge in [-0.3, -0.25) is 14.4 Å². The van der Waals surface area contributed by atoms with E-state index in [2.05, 4.69) is 5.10 Å². The van der Waals surface area contributed by atoms with Crippen molar-refractivity contribution in [1.29, 1.82) is 0 Å². The minimum atomic E-state index is -5.13. The van der Waals surface area contributed by atoms with Gasteiger partial charge in [0.15, 0.2) is 0 Å². The molecule has 1 atom stereocenters. The normalized spacial score (nSPS) is 17.4. The molecule has 1 aliphatic heterocycles. The Balaban J connectivity index is 1.65. The largest absolute Gasteiger partial charge is 0.416 e. The number of hydrogen-bond acceptors (Lipinski definition) is 3. The molecule has 1 aliphatic rings. The van der Waals surface area contributed by atoms with E-state index in [9.17, 15) is 44.3 Å². The summed E-state index contributed by atoms with van der Waals surface area (Å²) in [5.74, 6) is -1.03. The highest BCUT2D eigenvalue weighted by Gasteiger charge is 2.39. The fourth-order valence-corrected chi connectivity index (χ4v) is 4.66. The molecule has 0 aliphatic carbocycles. The molecule has 0 N–H and O–H groups in total. The van der Waals surface area contributed by atoms with Gasteiger partial charge in [0, 0.05) is 56.6 Å². The predicted octanol–water partition coefficient (Wildman–Crippen LogP) is 6.05. The van der Waals surface area contributed by atoms with Crippen LogP contribution in [0.3, 0.4) is 0 Å². The van der Waals surface area contributed by atoms with Crippen molar-refractivity contribution >= 4 is 5.91 Å². The van der Waals surface area contributed by atoms with Gasteiger partial charge in [0.25, 0.3) is 5.91 Å². The summed E-state index contributed by atoms with van der Waals surface area (Å²) in [7, 11) is 1.72. The molecule has 4 rings (SSSR count). The molecule has 40 heavy (non-hydrogen) atoms. The average molecular weight is 578 g/mol. The van der Waals surface area contributed by atoms with Crippen LogP contribution in [0, 0.1) is 0 Å². The van der Waals surface area contributed by atoms with Crippen LogP contribution in [0.1, 0.15) is 38.2 Å². The van der Waals surface area contributed by atoms with Crippen molar-refractivity contribution in [3.8, 4) is 0 Å². The van der Waals surface area contributed by atoms with Crippen molar-refractivity contribution in [1.82, 2.24) is 19.6 Å². The number of benzene rings is 2. The van der Waals surface area contributed by atoms with E-state index in [0.29, 0.717) is 24.2 Å². The number of carbonyl (C=O) groups excluding carboxylic acids is 1. The minimum absolute atomic E-state index is 0.0258. The highest BCUT2D eigenvalue weighted by Crippen LogP contribution is 2.37. The second-order valence-electron chi connectivity index (χ2n) is 9.60. The number of carbonyl (C=O) groups is 1. The number of halogens is 9. The highest BCUT2D eigenvalue weighted by molar-refractivity contribution is 5.95. The number of alkyl halides is 9. The summed E-state index contributed by atoms with van der Waals surface area (Å²) in [6, 6.07) is 4.18. The number of amides is 1. The predicted molar refractivity (Wildman–Crippen MR) is 125 cm³/mol. The summed E-state index contributed by atoms with van der Waals surface area (Å²) in [5.41, 5.74) is -3.63. The molecule has 0 bridgehead atoms. The lowest BCUT2D eigenvalue weighted by atomic mass is 9.98. The summed E-state index contributed by atoms with van der Waals surface area (Å²) < 4.78 is 121. The first-order valence-electron chi connectivity index (χ1n) is 12.0. The van der Waals surface area contributed by atoms with Crippen LogP contribution in [0.25, 0.3) is 0 Å². The summed E-state index contributed by atoms with van der Waals surface area (Å²) in [6.07, 6.45) is -11.4. The number of aryl methyl sites for hydroxylation is 1. The third kappa shape index (κ3) is 6.95. The molecule has 3 aromatic rings. The van der Waals surface area contributed by atoms with E-state index >= 15 is 0 Å². The average Bonchev–Trinajstić information content (AvgIpc) is 3.26. The molecular weight excluding hydrogens is 555 g/mol. The van der Waals surface area contributed by atoms with Gasteiger partial charge in [-0.25, -0.2) is 0 Å². The van der Waals surface area contributed by atoms with E-state index in [0.717, 1.165) is 17.7 Å². The molecule has 216 valence electrons. The smallest absolute Gasteiger partial charge is 0.333 e. The van der Waals surface area contributed by atoms with Crippen molar-refractivity contribution in [2.75, 3.05) is 19.6 Å². The van der Waals surface area contributed by atoms with Crippen molar-refractivity contribution in [2.45, 2.75) is 37.5 Å². The van der Waals surface area contributed by atoms with Crippen molar-refractivity contribution in [3.63, 3.8) is 0 Å². The molecule has 1 aromatic heterocycles. The Morgan fingerprint density at radius 3 is 1.90 bits per heavy atom. The monoisotopic (exact) mass is 578 g/mol. The zero-order valence-electron chi connectivity index (χ0n) is 20.9. The Morgan fingerprint density at radius 2 is 1.40 bits per heavy atom. The van der Waals surface area contributed by atoms with E-state index in [1.54, 1.807) is 24.1 Å². The lowest BCUT2D eigenvalue weighted by Crippen LogP contribution is -2.55. The first kappa shape index (κ1) is 29.4. The fourth-order valence-electron chi connectivity index (χ4n) is 4.66. The molecule has 2 heterocycles. The second kappa shape index (κ2) is 10.8. The maximum atomic E-state index is 13.4. The molecule has 0 radical (unpaired) electrons. The van der Waals surface area contributed by atoms with Crippen LogP contribution < -0.4 is 0 Å². The van der Waals surface area contributed by atoms with Crippen molar-refractivity contribution in [2.24, 2.45) is 7.05 Å². The molecule has 1 amide bonds. The molecule has 14 heteroatoms. The molecule has 0 spiro atoms. The van der Waals surface area contributed by atoms with Crippen LogP contribution in [-0.2, 0) is 38.5 Å². The fraction of sp³-hybridized carbons (Fsp3) is 0.385. The number of hydrogen-bond donors (Lipinski definition) is 0. The van der Waals surface area contributed by atoms with Gasteiger partial charge in [-0.05, 0) is 42.3 Å². The number of rotatable bonds is 5. The second-order valence-corrected chi connectivity index (χ2v) is 9.60. The maximum absolute atomic E-state index is 13.4. The zero-order chi connectivity index (χ0) is 29.5. The van der Waals surface area contributed by atoms with Crippen molar-refractivity contribution in [3.05, 3.63) is 88.2 Å². The van der Waals surface area contributed by atoms with Gasteiger partial charge in [-0.1, -0.05) is 12.1 Å². The SMILES string of the molecule is Cn1cc(CN2CCN(C(=O)c3cc(C(F)(F)F)cc(C(F)(F)F)c3)[C@H](Cc3ccc(C(F)(F)F)cc3)C2)cn1.